The monoisotopic (exact) mass is 252 g/mol. The number of rotatable bonds is 5. The summed E-state index contributed by atoms with van der Waals surface area (Å²) in [5.41, 5.74) is 0.618. The van der Waals surface area contributed by atoms with Crippen molar-refractivity contribution in [2.45, 2.75) is 6.42 Å². The molecule has 0 saturated heterocycles. The predicted molar refractivity (Wildman–Crippen MR) is 67.0 cm³/mol. The predicted octanol–water partition coefficient (Wildman–Crippen LogP) is 1.32. The molecule has 2 amide bonds. The second-order valence-corrected chi connectivity index (χ2v) is 3.61. The Kier molecular flexibility index (Phi) is 4.98. The molecular formula is C12H16N2O4. The van der Waals surface area contributed by atoms with Crippen LogP contribution in [0, 0.1) is 0 Å². The number of ether oxygens (including phenoxy) is 1. The molecule has 18 heavy (non-hydrogen) atoms. The highest BCUT2D eigenvalue weighted by Crippen LogP contribution is 2.26. The van der Waals surface area contributed by atoms with Crippen LogP contribution in [0.3, 0.4) is 0 Å². The summed E-state index contributed by atoms with van der Waals surface area (Å²) in [4.78, 5) is 23.5. The Bertz CT molecular complexity index is 434. The van der Waals surface area contributed by atoms with E-state index >= 15 is 0 Å². The lowest BCUT2D eigenvalue weighted by Gasteiger charge is -2.20. The van der Waals surface area contributed by atoms with E-state index < -0.39 is 5.97 Å². The second kappa shape index (κ2) is 6.48. The maximum Gasteiger partial charge on any atom is 0.321 e. The average Bonchev–Trinajstić information content (AvgIpc) is 2.37. The summed E-state index contributed by atoms with van der Waals surface area (Å²) in [5, 5.41) is 11.0. The molecule has 98 valence electrons. The number of aliphatic carboxylic acids is 1. The first-order chi connectivity index (χ1) is 8.56. The minimum absolute atomic E-state index is 0.0909. The fraction of sp³-hybridized carbons (Fsp3) is 0.333. The fourth-order valence-electron chi connectivity index (χ4n) is 1.41. The molecule has 1 aromatic carbocycles. The number of benzene rings is 1. The quantitative estimate of drug-likeness (QED) is 0.828. The van der Waals surface area contributed by atoms with Crippen LogP contribution in [0.5, 0.6) is 5.75 Å². The van der Waals surface area contributed by atoms with Gasteiger partial charge in [0.05, 0.1) is 19.2 Å². The Labute approximate surface area is 105 Å². The molecule has 0 aliphatic heterocycles. The van der Waals surface area contributed by atoms with E-state index in [4.69, 9.17) is 9.84 Å². The van der Waals surface area contributed by atoms with E-state index in [2.05, 4.69) is 5.32 Å². The van der Waals surface area contributed by atoms with Gasteiger partial charge in [-0.05, 0) is 12.1 Å². The second-order valence-electron chi connectivity index (χ2n) is 3.61. The fourth-order valence-corrected chi connectivity index (χ4v) is 1.41. The Morgan fingerprint density at radius 1 is 1.39 bits per heavy atom. The summed E-state index contributed by atoms with van der Waals surface area (Å²) in [6.07, 6.45) is -0.106. The van der Waals surface area contributed by atoms with Gasteiger partial charge < -0.3 is 15.2 Å². The molecule has 0 bridgehead atoms. The number of hydrogen-bond acceptors (Lipinski definition) is 3. The molecule has 0 fully saturated rings. The van der Waals surface area contributed by atoms with Crippen LogP contribution in [0.15, 0.2) is 24.3 Å². The summed E-state index contributed by atoms with van der Waals surface area (Å²) in [6.45, 7) is 0.0909. The number of nitrogens with one attached hydrogen (secondary N) is 1. The van der Waals surface area contributed by atoms with Gasteiger partial charge in [0, 0.05) is 13.6 Å². The average molecular weight is 252 g/mol. The van der Waals surface area contributed by atoms with Crippen LogP contribution in [0.1, 0.15) is 6.42 Å². The molecule has 6 nitrogen and oxygen atoms in total. The molecular weight excluding hydrogens is 236 g/mol. The number of para-hydroxylation sites is 2. The van der Waals surface area contributed by atoms with Gasteiger partial charge in [-0.1, -0.05) is 12.1 Å². The molecule has 0 radical (unpaired) electrons. The van der Waals surface area contributed by atoms with Gasteiger partial charge in [-0.15, -0.1) is 0 Å². The van der Waals surface area contributed by atoms with Gasteiger partial charge in [0.2, 0.25) is 0 Å². The Morgan fingerprint density at radius 2 is 2.06 bits per heavy atom. The lowest BCUT2D eigenvalue weighted by atomic mass is 10.3. The van der Waals surface area contributed by atoms with Gasteiger partial charge in [-0.2, -0.15) is 0 Å². The van der Waals surface area contributed by atoms with Crippen molar-refractivity contribution >= 4 is 17.7 Å². The van der Waals surface area contributed by atoms with E-state index in [1.807, 2.05) is 0 Å². The van der Waals surface area contributed by atoms with E-state index in [1.54, 1.807) is 31.3 Å². The molecule has 0 unspecified atom stereocenters. The lowest BCUT2D eigenvalue weighted by Crippen LogP contribution is -2.38. The maximum absolute atomic E-state index is 11.8. The van der Waals surface area contributed by atoms with E-state index in [0.29, 0.717) is 11.4 Å². The first-order valence-corrected chi connectivity index (χ1v) is 5.42. The summed E-state index contributed by atoms with van der Waals surface area (Å²) in [7, 11) is 3.11. The highest BCUT2D eigenvalue weighted by Gasteiger charge is 2.14. The van der Waals surface area contributed by atoms with Crippen LogP contribution < -0.4 is 15.0 Å². The number of urea groups is 1. The molecule has 2 N–H and O–H groups in total. The van der Waals surface area contributed by atoms with Crippen LogP contribution in [-0.4, -0.2) is 37.8 Å². The third-order valence-electron chi connectivity index (χ3n) is 2.37. The van der Waals surface area contributed by atoms with Gasteiger partial charge in [0.15, 0.2) is 0 Å². The van der Waals surface area contributed by atoms with Crippen LogP contribution in [0.4, 0.5) is 10.5 Å². The number of carboxylic acids is 1. The number of hydrogen-bond donors (Lipinski definition) is 2. The number of carbonyl (C=O) groups is 2. The molecule has 0 aliphatic carbocycles. The van der Waals surface area contributed by atoms with E-state index in [0.717, 1.165) is 0 Å². The van der Waals surface area contributed by atoms with Gasteiger partial charge in [0.25, 0.3) is 0 Å². The zero-order valence-electron chi connectivity index (χ0n) is 10.3. The van der Waals surface area contributed by atoms with Gasteiger partial charge in [0.1, 0.15) is 5.75 Å². The smallest absolute Gasteiger partial charge is 0.321 e. The van der Waals surface area contributed by atoms with Crippen molar-refractivity contribution in [1.82, 2.24) is 5.32 Å². The highest BCUT2D eigenvalue weighted by atomic mass is 16.5. The summed E-state index contributed by atoms with van der Waals surface area (Å²) < 4.78 is 5.14. The van der Waals surface area contributed by atoms with Gasteiger partial charge >= 0.3 is 12.0 Å². The summed E-state index contributed by atoms with van der Waals surface area (Å²) in [5.74, 6) is -0.372. The van der Waals surface area contributed by atoms with Crippen LogP contribution in [-0.2, 0) is 4.79 Å². The molecule has 0 aromatic heterocycles. The standard InChI is InChI=1S/C12H16N2O4/c1-14(12(17)13-8-7-11(15)16)9-5-3-4-6-10(9)18-2/h3-6H,7-8H2,1-2H3,(H,13,17)(H,15,16). The number of methoxy groups -OCH3 is 1. The minimum atomic E-state index is -0.949. The SMILES string of the molecule is COc1ccccc1N(C)C(=O)NCCC(=O)O. The van der Waals surface area contributed by atoms with Crippen molar-refractivity contribution in [3.8, 4) is 5.75 Å². The Morgan fingerprint density at radius 3 is 2.67 bits per heavy atom. The van der Waals surface area contributed by atoms with Crippen LogP contribution in [0.25, 0.3) is 0 Å². The molecule has 1 rings (SSSR count). The summed E-state index contributed by atoms with van der Waals surface area (Å²) >= 11 is 0. The molecule has 1 aromatic rings. The minimum Gasteiger partial charge on any atom is -0.495 e. The van der Waals surface area contributed by atoms with E-state index in [9.17, 15) is 9.59 Å². The number of anilines is 1. The normalized spacial score (nSPS) is 9.67. The number of carbonyl (C=O) groups excluding carboxylic acids is 1. The third kappa shape index (κ3) is 3.65. The molecule has 0 saturated carbocycles. The highest BCUT2D eigenvalue weighted by molar-refractivity contribution is 5.93. The zero-order valence-corrected chi connectivity index (χ0v) is 10.3. The van der Waals surface area contributed by atoms with Crippen molar-refractivity contribution in [2.24, 2.45) is 0 Å². The van der Waals surface area contributed by atoms with E-state index in [-0.39, 0.29) is 19.0 Å². The van der Waals surface area contributed by atoms with Crippen molar-refractivity contribution in [2.75, 3.05) is 25.6 Å². The van der Waals surface area contributed by atoms with Crippen molar-refractivity contribution < 1.29 is 19.4 Å². The van der Waals surface area contributed by atoms with E-state index in [1.165, 1.54) is 12.0 Å². The van der Waals surface area contributed by atoms with Crippen molar-refractivity contribution in [1.29, 1.82) is 0 Å². The van der Waals surface area contributed by atoms with Crippen molar-refractivity contribution in [3.63, 3.8) is 0 Å². The largest absolute Gasteiger partial charge is 0.495 e. The Balaban J connectivity index is 2.65. The topological polar surface area (TPSA) is 78.9 Å². The maximum atomic E-state index is 11.8. The molecule has 0 atom stereocenters. The number of carboxylic acid groups (broad SMARTS) is 1. The Hall–Kier alpha value is -2.24. The summed E-state index contributed by atoms with van der Waals surface area (Å²) in [6, 6.07) is 6.71. The molecule has 0 heterocycles. The first kappa shape index (κ1) is 13.8. The van der Waals surface area contributed by atoms with Gasteiger partial charge in [-0.25, -0.2) is 4.79 Å². The molecule has 6 heteroatoms. The lowest BCUT2D eigenvalue weighted by molar-refractivity contribution is -0.136. The number of amides is 2. The van der Waals surface area contributed by atoms with Crippen LogP contribution >= 0.6 is 0 Å². The van der Waals surface area contributed by atoms with Crippen molar-refractivity contribution in [3.05, 3.63) is 24.3 Å². The third-order valence-corrected chi connectivity index (χ3v) is 2.37. The molecule has 0 spiro atoms. The van der Waals surface area contributed by atoms with Crippen LogP contribution in [0.2, 0.25) is 0 Å². The molecule has 0 aliphatic rings. The number of nitrogens with zero attached hydrogens (tertiary/aromatic N) is 1. The first-order valence-electron chi connectivity index (χ1n) is 5.42. The van der Waals surface area contributed by atoms with Gasteiger partial charge in [-0.3, -0.25) is 9.69 Å². The zero-order chi connectivity index (χ0) is 13.5.